The average molecular weight is 397 g/mol. The van der Waals surface area contributed by atoms with Gasteiger partial charge in [0.2, 0.25) is 0 Å². The molecule has 0 aliphatic heterocycles. The van der Waals surface area contributed by atoms with Gasteiger partial charge in [0.15, 0.2) is 5.76 Å². The van der Waals surface area contributed by atoms with Crippen molar-refractivity contribution in [2.75, 3.05) is 18.4 Å². The van der Waals surface area contributed by atoms with E-state index in [1.165, 1.54) is 18.4 Å². The van der Waals surface area contributed by atoms with E-state index in [0.717, 1.165) is 0 Å². The number of hydrogen-bond acceptors (Lipinski definition) is 4. The maximum Gasteiger partial charge on any atom is 0.319 e. The zero-order valence-corrected chi connectivity index (χ0v) is 15.5. The Hall–Kier alpha value is -3.81. The van der Waals surface area contributed by atoms with E-state index in [1.807, 2.05) is 0 Å². The number of furan rings is 1. The second-order valence-corrected chi connectivity index (χ2v) is 6.06. The Morgan fingerprint density at radius 2 is 1.79 bits per heavy atom. The molecule has 8 heteroatoms. The van der Waals surface area contributed by atoms with Gasteiger partial charge in [-0.2, -0.15) is 0 Å². The predicted molar refractivity (Wildman–Crippen MR) is 105 cm³/mol. The fraction of sp³-hybridized carbons (Fsp3) is 0.143. The number of ether oxygens (including phenoxy) is 1. The highest BCUT2D eigenvalue weighted by Gasteiger charge is 2.08. The summed E-state index contributed by atoms with van der Waals surface area (Å²) >= 11 is 0. The lowest BCUT2D eigenvalue weighted by molar-refractivity contribution is 0.0926. The first-order chi connectivity index (χ1) is 14.1. The zero-order valence-electron chi connectivity index (χ0n) is 15.5. The molecule has 0 spiro atoms. The maximum atomic E-state index is 13.2. The van der Waals surface area contributed by atoms with Crippen molar-refractivity contribution in [2.24, 2.45) is 0 Å². The number of hydrogen-bond donors (Lipinski definition) is 3. The molecular weight excluding hydrogens is 377 g/mol. The number of carbonyl (C=O) groups is 2. The molecule has 1 aromatic heterocycles. The first kappa shape index (κ1) is 19.9. The Bertz CT molecular complexity index is 960. The molecule has 3 rings (SSSR count). The summed E-state index contributed by atoms with van der Waals surface area (Å²) in [7, 11) is 0. The maximum absolute atomic E-state index is 13.2. The lowest BCUT2D eigenvalue weighted by atomic mass is 10.2. The second-order valence-electron chi connectivity index (χ2n) is 6.06. The normalized spacial score (nSPS) is 10.2. The summed E-state index contributed by atoms with van der Waals surface area (Å²) in [5.74, 6) is 0.0844. The molecule has 0 saturated carbocycles. The number of carbonyl (C=O) groups excluding carboxylic acids is 2. The van der Waals surface area contributed by atoms with Gasteiger partial charge in [-0.25, -0.2) is 9.18 Å². The van der Waals surface area contributed by atoms with Gasteiger partial charge in [-0.3, -0.25) is 4.79 Å². The Balaban J connectivity index is 1.41. The second kappa shape index (κ2) is 9.93. The standard InChI is InChI=1S/C21H20FN3O4/c22-16-5-1-4-15(12-16)14-29-18-7-2-6-17(13-18)25-21(27)24-10-9-23-20(26)19-8-3-11-28-19/h1-8,11-13H,9-10,14H2,(H,23,26)(H2,24,25,27). The summed E-state index contributed by atoms with van der Waals surface area (Å²) in [4.78, 5) is 23.7. The van der Waals surface area contributed by atoms with E-state index in [0.29, 0.717) is 17.0 Å². The predicted octanol–water partition coefficient (Wildman–Crippen LogP) is 3.55. The summed E-state index contributed by atoms with van der Waals surface area (Å²) in [6.45, 7) is 0.709. The van der Waals surface area contributed by atoms with Crippen LogP contribution in [0.5, 0.6) is 5.75 Å². The minimum absolute atomic E-state index is 0.211. The van der Waals surface area contributed by atoms with Gasteiger partial charge in [-0.1, -0.05) is 18.2 Å². The first-order valence-electron chi connectivity index (χ1n) is 8.94. The van der Waals surface area contributed by atoms with E-state index in [1.54, 1.807) is 48.5 Å². The van der Waals surface area contributed by atoms with E-state index in [9.17, 15) is 14.0 Å². The third kappa shape index (κ3) is 6.39. The van der Waals surface area contributed by atoms with Gasteiger partial charge in [0.05, 0.1) is 6.26 Å². The molecule has 0 aliphatic rings. The van der Waals surface area contributed by atoms with Crippen molar-refractivity contribution in [3.63, 3.8) is 0 Å². The minimum Gasteiger partial charge on any atom is -0.489 e. The molecule has 2 aromatic carbocycles. The van der Waals surface area contributed by atoms with E-state index in [-0.39, 0.29) is 37.2 Å². The fourth-order valence-electron chi connectivity index (χ4n) is 2.48. The molecule has 0 atom stereocenters. The summed E-state index contributed by atoms with van der Waals surface area (Å²) < 4.78 is 23.8. The van der Waals surface area contributed by atoms with Crippen LogP contribution in [0, 0.1) is 5.82 Å². The minimum atomic E-state index is -0.417. The SMILES string of the molecule is O=C(NCCNC(=O)c1ccco1)Nc1cccc(OCc2cccc(F)c2)c1. The molecule has 7 nitrogen and oxygen atoms in total. The number of anilines is 1. The fourth-order valence-corrected chi connectivity index (χ4v) is 2.48. The van der Waals surface area contributed by atoms with Crippen LogP contribution < -0.4 is 20.7 Å². The highest BCUT2D eigenvalue weighted by molar-refractivity contribution is 5.91. The van der Waals surface area contributed by atoms with Crippen LogP contribution in [0.1, 0.15) is 16.1 Å². The van der Waals surface area contributed by atoms with Crippen LogP contribution in [0.25, 0.3) is 0 Å². The molecule has 0 unspecified atom stereocenters. The highest BCUT2D eigenvalue weighted by atomic mass is 19.1. The van der Waals surface area contributed by atoms with Crippen molar-refractivity contribution in [1.82, 2.24) is 10.6 Å². The quantitative estimate of drug-likeness (QED) is 0.507. The highest BCUT2D eigenvalue weighted by Crippen LogP contribution is 2.18. The van der Waals surface area contributed by atoms with Gasteiger partial charge in [0.1, 0.15) is 18.2 Å². The molecule has 0 saturated heterocycles. The number of halogens is 1. The molecule has 29 heavy (non-hydrogen) atoms. The Morgan fingerprint density at radius 3 is 2.59 bits per heavy atom. The van der Waals surface area contributed by atoms with E-state index >= 15 is 0 Å². The molecule has 1 heterocycles. The van der Waals surface area contributed by atoms with Crippen LogP contribution in [-0.2, 0) is 6.61 Å². The van der Waals surface area contributed by atoms with Gasteiger partial charge < -0.3 is 25.1 Å². The van der Waals surface area contributed by atoms with Gasteiger partial charge in [0.25, 0.3) is 5.91 Å². The Labute approximate surface area is 166 Å². The Kier molecular flexibility index (Phi) is 6.83. The monoisotopic (exact) mass is 397 g/mol. The molecule has 150 valence electrons. The number of benzene rings is 2. The Morgan fingerprint density at radius 1 is 0.966 bits per heavy atom. The van der Waals surface area contributed by atoms with Gasteiger partial charge in [-0.15, -0.1) is 0 Å². The van der Waals surface area contributed by atoms with Crippen molar-refractivity contribution >= 4 is 17.6 Å². The van der Waals surface area contributed by atoms with Crippen LogP contribution >= 0.6 is 0 Å². The third-order valence-corrected chi connectivity index (χ3v) is 3.83. The van der Waals surface area contributed by atoms with Crippen molar-refractivity contribution in [2.45, 2.75) is 6.61 Å². The van der Waals surface area contributed by atoms with Crippen LogP contribution in [-0.4, -0.2) is 25.0 Å². The van der Waals surface area contributed by atoms with Crippen molar-refractivity contribution < 1.29 is 23.1 Å². The molecule has 0 aliphatic carbocycles. The van der Waals surface area contributed by atoms with Crippen LogP contribution in [0.3, 0.4) is 0 Å². The van der Waals surface area contributed by atoms with E-state index in [4.69, 9.17) is 9.15 Å². The molecule has 0 bridgehead atoms. The summed E-state index contributed by atoms with van der Waals surface area (Å²) in [5.41, 5.74) is 1.25. The molecule has 0 fully saturated rings. The van der Waals surface area contributed by atoms with Crippen molar-refractivity contribution in [3.8, 4) is 5.75 Å². The van der Waals surface area contributed by atoms with Crippen LogP contribution in [0.4, 0.5) is 14.9 Å². The molecular formula is C21H20FN3O4. The third-order valence-electron chi connectivity index (χ3n) is 3.83. The topological polar surface area (TPSA) is 92.6 Å². The number of amides is 3. The molecule has 3 aromatic rings. The van der Waals surface area contributed by atoms with Crippen LogP contribution in [0.15, 0.2) is 71.3 Å². The average Bonchev–Trinajstić information content (AvgIpc) is 3.25. The van der Waals surface area contributed by atoms with Gasteiger partial charge >= 0.3 is 6.03 Å². The molecule has 3 amide bonds. The summed E-state index contributed by atoms with van der Waals surface area (Å²) in [5, 5.41) is 7.95. The van der Waals surface area contributed by atoms with Crippen LogP contribution in [0.2, 0.25) is 0 Å². The number of nitrogens with one attached hydrogen (secondary N) is 3. The molecule has 0 radical (unpaired) electrons. The lowest BCUT2D eigenvalue weighted by Crippen LogP contribution is -2.36. The van der Waals surface area contributed by atoms with Gasteiger partial charge in [-0.05, 0) is 42.0 Å². The summed E-state index contributed by atoms with van der Waals surface area (Å²) in [6.07, 6.45) is 1.41. The van der Waals surface area contributed by atoms with Crippen molar-refractivity contribution in [3.05, 3.63) is 84.1 Å². The van der Waals surface area contributed by atoms with E-state index < -0.39 is 6.03 Å². The largest absolute Gasteiger partial charge is 0.489 e. The number of rotatable bonds is 8. The van der Waals surface area contributed by atoms with Gasteiger partial charge in [0, 0.05) is 24.8 Å². The first-order valence-corrected chi connectivity index (χ1v) is 8.94. The molecule has 3 N–H and O–H groups in total. The van der Waals surface area contributed by atoms with E-state index in [2.05, 4.69) is 16.0 Å². The zero-order chi connectivity index (χ0) is 20.5. The smallest absolute Gasteiger partial charge is 0.319 e. The summed E-state index contributed by atoms with van der Waals surface area (Å²) in [6, 6.07) is 15.8. The number of urea groups is 1. The van der Waals surface area contributed by atoms with Crippen molar-refractivity contribution in [1.29, 1.82) is 0 Å². The lowest BCUT2D eigenvalue weighted by Gasteiger charge is -2.10.